The monoisotopic (exact) mass is 417 g/mol. The van der Waals surface area contributed by atoms with Crippen molar-refractivity contribution in [2.75, 3.05) is 13.1 Å². The van der Waals surface area contributed by atoms with Gasteiger partial charge in [-0.1, -0.05) is 35.7 Å². The summed E-state index contributed by atoms with van der Waals surface area (Å²) in [4.78, 5) is 37.7. The Morgan fingerprint density at radius 2 is 1.96 bits per heavy atom. The summed E-state index contributed by atoms with van der Waals surface area (Å²) >= 11 is 3.27. The zero-order chi connectivity index (χ0) is 17.0. The lowest BCUT2D eigenvalue weighted by Gasteiger charge is -2.19. The second-order valence-electron chi connectivity index (χ2n) is 5.53. The molecule has 1 aliphatic rings. The third-order valence-electron chi connectivity index (χ3n) is 3.79. The van der Waals surface area contributed by atoms with Crippen LogP contribution in [0.2, 0.25) is 0 Å². The quantitative estimate of drug-likeness (QED) is 0.663. The van der Waals surface area contributed by atoms with Gasteiger partial charge in [-0.3, -0.25) is 19.3 Å². The third-order valence-corrected chi connectivity index (χ3v) is 4.28. The Bertz CT molecular complexity index is 639. The molecule has 1 aliphatic heterocycles. The molecule has 1 unspecified atom stereocenters. The number of carbonyl (C=O) groups excluding carboxylic acids is 3. The molecule has 0 aliphatic carbocycles. The number of amides is 3. The summed E-state index contributed by atoms with van der Waals surface area (Å²) in [6.45, 7) is 2.11. The van der Waals surface area contributed by atoms with Gasteiger partial charge in [-0.15, -0.1) is 12.4 Å². The lowest BCUT2D eigenvalue weighted by Crippen LogP contribution is -2.46. The van der Waals surface area contributed by atoms with Crippen molar-refractivity contribution in [2.45, 2.75) is 32.2 Å². The number of fused-ring (bicyclic) bond motifs is 1. The highest BCUT2D eigenvalue weighted by Gasteiger charge is 2.36. The first-order valence-corrected chi connectivity index (χ1v) is 8.42. The Morgan fingerprint density at radius 1 is 1.29 bits per heavy atom. The lowest BCUT2D eigenvalue weighted by atomic mass is 10.1. The van der Waals surface area contributed by atoms with Gasteiger partial charge in [0.1, 0.15) is 6.54 Å². The van der Waals surface area contributed by atoms with Gasteiger partial charge in [-0.2, -0.15) is 0 Å². The Kier molecular flexibility index (Phi) is 7.86. The van der Waals surface area contributed by atoms with Crippen molar-refractivity contribution in [1.82, 2.24) is 10.2 Å². The van der Waals surface area contributed by atoms with Crippen LogP contribution < -0.4 is 11.1 Å². The van der Waals surface area contributed by atoms with Crippen LogP contribution in [0.1, 0.15) is 46.9 Å². The average molecular weight is 419 g/mol. The Hall–Kier alpha value is -1.44. The maximum Gasteiger partial charge on any atom is 0.262 e. The summed E-state index contributed by atoms with van der Waals surface area (Å²) in [5, 5.41) is 2.79. The van der Waals surface area contributed by atoms with Crippen LogP contribution in [0.3, 0.4) is 0 Å². The number of imide groups is 1. The average Bonchev–Trinajstić information content (AvgIpc) is 2.76. The summed E-state index contributed by atoms with van der Waals surface area (Å²) in [6, 6.07) is 4.74. The topological polar surface area (TPSA) is 92.5 Å². The molecule has 1 heterocycles. The fourth-order valence-corrected chi connectivity index (χ4v) is 2.88. The molecule has 3 amide bonds. The lowest BCUT2D eigenvalue weighted by molar-refractivity contribution is -0.122. The van der Waals surface area contributed by atoms with Crippen LogP contribution in [0.25, 0.3) is 0 Å². The Labute approximate surface area is 155 Å². The number of hydrogen-bond acceptors (Lipinski definition) is 4. The van der Waals surface area contributed by atoms with E-state index in [9.17, 15) is 14.4 Å². The van der Waals surface area contributed by atoms with Crippen molar-refractivity contribution in [3.8, 4) is 0 Å². The van der Waals surface area contributed by atoms with Crippen molar-refractivity contribution in [3.63, 3.8) is 0 Å². The summed E-state index contributed by atoms with van der Waals surface area (Å²) < 4.78 is 0.714. The minimum absolute atomic E-state index is 0. The molecule has 0 radical (unpaired) electrons. The molecule has 0 bridgehead atoms. The first-order valence-electron chi connectivity index (χ1n) is 7.63. The van der Waals surface area contributed by atoms with Crippen LogP contribution in [-0.4, -0.2) is 41.8 Å². The summed E-state index contributed by atoms with van der Waals surface area (Å²) in [7, 11) is 0. The van der Waals surface area contributed by atoms with E-state index in [-0.39, 0.29) is 30.9 Å². The van der Waals surface area contributed by atoms with Crippen LogP contribution in [0.4, 0.5) is 0 Å². The molecule has 1 aromatic carbocycles. The molecule has 132 valence electrons. The zero-order valence-corrected chi connectivity index (χ0v) is 15.8. The van der Waals surface area contributed by atoms with E-state index in [0.717, 1.165) is 24.2 Å². The highest BCUT2D eigenvalue weighted by molar-refractivity contribution is 9.10. The fourth-order valence-electron chi connectivity index (χ4n) is 2.52. The van der Waals surface area contributed by atoms with Crippen molar-refractivity contribution in [2.24, 2.45) is 5.73 Å². The van der Waals surface area contributed by atoms with Crippen molar-refractivity contribution in [1.29, 1.82) is 0 Å². The highest BCUT2D eigenvalue weighted by atomic mass is 79.9. The van der Waals surface area contributed by atoms with Gasteiger partial charge in [0.05, 0.1) is 11.1 Å². The van der Waals surface area contributed by atoms with Gasteiger partial charge in [0, 0.05) is 17.1 Å². The number of nitrogens with two attached hydrogens (primary N) is 1. The van der Waals surface area contributed by atoms with Gasteiger partial charge >= 0.3 is 0 Å². The molecule has 0 saturated carbocycles. The van der Waals surface area contributed by atoms with E-state index in [1.54, 1.807) is 18.2 Å². The molecule has 2 rings (SSSR count). The van der Waals surface area contributed by atoms with E-state index >= 15 is 0 Å². The predicted octanol–water partition coefficient (Wildman–Crippen LogP) is 2.10. The van der Waals surface area contributed by atoms with Crippen molar-refractivity contribution in [3.05, 3.63) is 33.8 Å². The molecule has 0 saturated heterocycles. The minimum Gasteiger partial charge on any atom is -0.351 e. The van der Waals surface area contributed by atoms with Crippen molar-refractivity contribution >= 4 is 46.1 Å². The van der Waals surface area contributed by atoms with Gasteiger partial charge in [-0.05, 0) is 24.6 Å². The number of benzene rings is 1. The number of nitrogens with zero attached hydrogens (tertiary/aromatic N) is 1. The largest absolute Gasteiger partial charge is 0.351 e. The van der Waals surface area contributed by atoms with E-state index in [2.05, 4.69) is 28.2 Å². The van der Waals surface area contributed by atoms with Gasteiger partial charge in [0.25, 0.3) is 11.8 Å². The molecular formula is C16H21BrClN3O3. The minimum atomic E-state index is -0.445. The molecule has 3 N–H and O–H groups in total. The summed E-state index contributed by atoms with van der Waals surface area (Å²) in [6.07, 6.45) is 2.76. The fraction of sp³-hybridized carbons (Fsp3) is 0.438. The Morgan fingerprint density at radius 3 is 2.58 bits per heavy atom. The third kappa shape index (κ3) is 4.55. The maximum absolute atomic E-state index is 12.3. The van der Waals surface area contributed by atoms with Crippen LogP contribution in [0.5, 0.6) is 0 Å². The number of halogens is 2. The van der Waals surface area contributed by atoms with Gasteiger partial charge in [0.15, 0.2) is 0 Å². The van der Waals surface area contributed by atoms with Gasteiger partial charge in [0.2, 0.25) is 5.91 Å². The van der Waals surface area contributed by atoms with E-state index in [1.807, 2.05) is 0 Å². The van der Waals surface area contributed by atoms with E-state index < -0.39 is 11.8 Å². The van der Waals surface area contributed by atoms with Crippen LogP contribution in [0, 0.1) is 0 Å². The maximum atomic E-state index is 12.3. The summed E-state index contributed by atoms with van der Waals surface area (Å²) in [5.41, 5.74) is 6.29. The normalized spacial score (nSPS) is 14.2. The van der Waals surface area contributed by atoms with Crippen LogP contribution in [0.15, 0.2) is 22.7 Å². The SMILES string of the molecule is CCCCC(CN)NC(=O)CN1C(=O)c2ccc(Br)cc2C1=O.Cl. The molecule has 24 heavy (non-hydrogen) atoms. The molecule has 8 heteroatoms. The van der Waals surface area contributed by atoms with E-state index in [4.69, 9.17) is 5.73 Å². The van der Waals surface area contributed by atoms with Crippen molar-refractivity contribution < 1.29 is 14.4 Å². The smallest absolute Gasteiger partial charge is 0.262 e. The predicted molar refractivity (Wildman–Crippen MR) is 97.3 cm³/mol. The first-order chi connectivity index (χ1) is 11.0. The first kappa shape index (κ1) is 20.6. The van der Waals surface area contributed by atoms with E-state index in [1.165, 1.54) is 0 Å². The van der Waals surface area contributed by atoms with Crippen LogP contribution in [-0.2, 0) is 4.79 Å². The van der Waals surface area contributed by atoms with Gasteiger partial charge < -0.3 is 11.1 Å². The zero-order valence-electron chi connectivity index (χ0n) is 13.4. The summed E-state index contributed by atoms with van der Waals surface area (Å²) in [5.74, 6) is -1.25. The molecule has 1 atom stereocenters. The standard InChI is InChI=1S/C16H20BrN3O3.ClH/c1-2-3-4-11(8-18)19-14(21)9-20-15(22)12-6-5-10(17)7-13(12)16(20)23;/h5-7,11H,2-4,8-9,18H2,1H3,(H,19,21);1H. The molecule has 0 aromatic heterocycles. The van der Waals surface area contributed by atoms with Gasteiger partial charge in [-0.25, -0.2) is 0 Å². The number of rotatable bonds is 7. The number of carbonyl (C=O) groups is 3. The number of unbranched alkanes of at least 4 members (excludes halogenated alkanes) is 1. The second kappa shape index (κ2) is 9.15. The molecular weight excluding hydrogens is 398 g/mol. The second-order valence-corrected chi connectivity index (χ2v) is 6.44. The van der Waals surface area contributed by atoms with E-state index in [0.29, 0.717) is 22.1 Å². The molecule has 1 aromatic rings. The van der Waals surface area contributed by atoms with Crippen LogP contribution >= 0.6 is 28.3 Å². The Balaban J connectivity index is 0.00000288. The highest BCUT2D eigenvalue weighted by Crippen LogP contribution is 2.25. The molecule has 6 nitrogen and oxygen atoms in total. The molecule has 0 fully saturated rings. The molecule has 0 spiro atoms. The number of nitrogens with one attached hydrogen (secondary N) is 1. The number of hydrogen-bond donors (Lipinski definition) is 2.